The molecule has 1 amide bonds. The van der Waals surface area contributed by atoms with E-state index in [1.54, 1.807) is 12.1 Å². The predicted molar refractivity (Wildman–Crippen MR) is 79.8 cm³/mol. The Hall–Kier alpha value is -1.59. The maximum Gasteiger partial charge on any atom is 0.251 e. The van der Waals surface area contributed by atoms with E-state index < -0.39 is 0 Å². The predicted octanol–water partition coefficient (Wildman–Crippen LogP) is 1.03. The standard InChI is InChI=1S/C15H23N3O2/c1-3-18-6-7-20-13(10-18)9-17-15(19)14-5-4-12(16)8-11(14)2/h4-5,8,13H,3,6-7,9-10,16H2,1-2H3,(H,17,19). The van der Waals surface area contributed by atoms with Gasteiger partial charge in [-0.25, -0.2) is 0 Å². The highest BCUT2D eigenvalue weighted by Crippen LogP contribution is 2.12. The molecule has 0 saturated carbocycles. The maximum absolute atomic E-state index is 12.1. The molecule has 0 bridgehead atoms. The van der Waals surface area contributed by atoms with Crippen LogP contribution in [0.1, 0.15) is 22.8 Å². The minimum Gasteiger partial charge on any atom is -0.399 e. The molecule has 3 N–H and O–H groups in total. The number of amides is 1. The number of carbonyl (C=O) groups is 1. The fourth-order valence-electron chi connectivity index (χ4n) is 2.43. The Kier molecular flexibility index (Phi) is 4.98. The van der Waals surface area contributed by atoms with Crippen LogP contribution in [0.3, 0.4) is 0 Å². The lowest BCUT2D eigenvalue weighted by molar-refractivity contribution is -0.0246. The van der Waals surface area contributed by atoms with Gasteiger partial charge in [0.2, 0.25) is 0 Å². The topological polar surface area (TPSA) is 67.6 Å². The molecule has 1 unspecified atom stereocenters. The summed E-state index contributed by atoms with van der Waals surface area (Å²) in [5.74, 6) is -0.0697. The van der Waals surface area contributed by atoms with E-state index in [2.05, 4.69) is 17.1 Å². The van der Waals surface area contributed by atoms with Crippen molar-refractivity contribution in [3.05, 3.63) is 29.3 Å². The summed E-state index contributed by atoms with van der Waals surface area (Å²) in [6.45, 7) is 8.16. The van der Waals surface area contributed by atoms with Crippen molar-refractivity contribution in [3.63, 3.8) is 0 Å². The highest BCUT2D eigenvalue weighted by molar-refractivity contribution is 5.96. The summed E-state index contributed by atoms with van der Waals surface area (Å²) in [6, 6.07) is 5.32. The number of nitrogens with one attached hydrogen (secondary N) is 1. The molecule has 1 saturated heterocycles. The van der Waals surface area contributed by atoms with Gasteiger partial charge < -0.3 is 15.8 Å². The third-order valence-corrected chi connectivity index (χ3v) is 3.66. The third kappa shape index (κ3) is 3.71. The molecule has 0 spiro atoms. The van der Waals surface area contributed by atoms with Gasteiger partial charge >= 0.3 is 0 Å². The quantitative estimate of drug-likeness (QED) is 0.807. The number of carbonyl (C=O) groups excluding carboxylic acids is 1. The number of morpholine rings is 1. The second-order valence-electron chi connectivity index (χ2n) is 5.17. The normalized spacial score (nSPS) is 19.8. The van der Waals surface area contributed by atoms with E-state index in [0.29, 0.717) is 17.8 Å². The summed E-state index contributed by atoms with van der Waals surface area (Å²) >= 11 is 0. The Bertz CT molecular complexity index is 476. The van der Waals surface area contributed by atoms with Gasteiger partial charge in [-0.15, -0.1) is 0 Å². The number of anilines is 1. The summed E-state index contributed by atoms with van der Waals surface area (Å²) in [4.78, 5) is 14.5. The average molecular weight is 277 g/mol. The van der Waals surface area contributed by atoms with Gasteiger partial charge in [0.15, 0.2) is 0 Å². The number of hydrogen-bond donors (Lipinski definition) is 2. The zero-order valence-corrected chi connectivity index (χ0v) is 12.2. The first-order valence-corrected chi connectivity index (χ1v) is 7.08. The molecule has 1 aliphatic heterocycles. The summed E-state index contributed by atoms with van der Waals surface area (Å²) in [5, 5.41) is 2.94. The summed E-state index contributed by atoms with van der Waals surface area (Å²) in [6.07, 6.45) is 0.0711. The second kappa shape index (κ2) is 6.72. The van der Waals surface area contributed by atoms with Gasteiger partial charge in [0, 0.05) is 30.9 Å². The number of rotatable bonds is 4. The van der Waals surface area contributed by atoms with Crippen molar-refractivity contribution in [1.82, 2.24) is 10.2 Å². The smallest absolute Gasteiger partial charge is 0.251 e. The number of nitrogens with zero attached hydrogens (tertiary/aromatic N) is 1. The van der Waals surface area contributed by atoms with Crippen molar-refractivity contribution < 1.29 is 9.53 Å². The number of ether oxygens (including phenoxy) is 1. The molecule has 0 aromatic heterocycles. The van der Waals surface area contributed by atoms with Crippen LogP contribution in [-0.2, 0) is 4.74 Å². The molecule has 2 rings (SSSR count). The largest absolute Gasteiger partial charge is 0.399 e. The van der Waals surface area contributed by atoms with Crippen molar-refractivity contribution >= 4 is 11.6 Å². The molecular weight excluding hydrogens is 254 g/mol. The van der Waals surface area contributed by atoms with Crippen LogP contribution in [0, 0.1) is 6.92 Å². The first-order valence-electron chi connectivity index (χ1n) is 7.08. The molecule has 110 valence electrons. The fourth-order valence-corrected chi connectivity index (χ4v) is 2.43. The molecule has 1 fully saturated rings. The summed E-state index contributed by atoms with van der Waals surface area (Å²) in [7, 11) is 0. The van der Waals surface area contributed by atoms with Gasteiger partial charge in [-0.2, -0.15) is 0 Å². The fraction of sp³-hybridized carbons (Fsp3) is 0.533. The number of benzene rings is 1. The SMILES string of the molecule is CCN1CCOC(CNC(=O)c2ccc(N)cc2C)C1. The van der Waals surface area contributed by atoms with Gasteiger partial charge in [0.25, 0.3) is 5.91 Å². The van der Waals surface area contributed by atoms with E-state index in [0.717, 1.165) is 31.8 Å². The minimum atomic E-state index is -0.0697. The van der Waals surface area contributed by atoms with Crippen LogP contribution in [0.4, 0.5) is 5.69 Å². The van der Waals surface area contributed by atoms with Crippen LogP contribution < -0.4 is 11.1 Å². The highest BCUT2D eigenvalue weighted by Gasteiger charge is 2.20. The zero-order valence-electron chi connectivity index (χ0n) is 12.2. The lowest BCUT2D eigenvalue weighted by Crippen LogP contribution is -2.47. The molecule has 20 heavy (non-hydrogen) atoms. The Morgan fingerprint density at radius 1 is 1.55 bits per heavy atom. The van der Waals surface area contributed by atoms with E-state index in [9.17, 15) is 4.79 Å². The van der Waals surface area contributed by atoms with Gasteiger partial charge in [-0.3, -0.25) is 9.69 Å². The van der Waals surface area contributed by atoms with Crippen LogP contribution in [-0.4, -0.2) is 49.7 Å². The minimum absolute atomic E-state index is 0.0697. The third-order valence-electron chi connectivity index (χ3n) is 3.66. The second-order valence-corrected chi connectivity index (χ2v) is 5.17. The first-order chi connectivity index (χ1) is 9.60. The molecule has 1 aromatic carbocycles. The zero-order chi connectivity index (χ0) is 14.5. The van der Waals surface area contributed by atoms with Crippen LogP contribution in [0.15, 0.2) is 18.2 Å². The summed E-state index contributed by atoms with van der Waals surface area (Å²) < 4.78 is 5.67. The molecule has 1 heterocycles. The molecule has 0 radical (unpaired) electrons. The van der Waals surface area contributed by atoms with Gasteiger partial charge in [-0.05, 0) is 37.2 Å². The van der Waals surface area contributed by atoms with Gasteiger partial charge in [0.1, 0.15) is 0 Å². The number of likely N-dealkylation sites (N-methyl/N-ethyl adjacent to an activating group) is 1. The van der Waals surface area contributed by atoms with Crippen molar-refractivity contribution in [3.8, 4) is 0 Å². The van der Waals surface area contributed by atoms with E-state index in [-0.39, 0.29) is 12.0 Å². The van der Waals surface area contributed by atoms with Crippen LogP contribution in [0.5, 0.6) is 0 Å². The first kappa shape index (κ1) is 14.8. The molecule has 1 aliphatic rings. The Balaban J connectivity index is 1.88. The van der Waals surface area contributed by atoms with Crippen LogP contribution in [0.2, 0.25) is 0 Å². The number of aryl methyl sites for hydroxylation is 1. The molecule has 5 nitrogen and oxygen atoms in total. The molecule has 0 aliphatic carbocycles. The van der Waals surface area contributed by atoms with Crippen molar-refractivity contribution in [2.75, 3.05) is 38.5 Å². The van der Waals surface area contributed by atoms with E-state index in [1.807, 2.05) is 13.0 Å². The number of nitrogens with two attached hydrogens (primary N) is 1. The summed E-state index contributed by atoms with van der Waals surface area (Å²) in [5.41, 5.74) is 7.93. The molecule has 5 heteroatoms. The lowest BCUT2D eigenvalue weighted by atomic mass is 10.1. The average Bonchev–Trinajstić information content (AvgIpc) is 2.45. The van der Waals surface area contributed by atoms with E-state index in [1.165, 1.54) is 0 Å². The molecule has 1 atom stereocenters. The monoisotopic (exact) mass is 277 g/mol. The molecule has 1 aromatic rings. The Labute approximate surface area is 120 Å². The van der Waals surface area contributed by atoms with Gasteiger partial charge in [-0.1, -0.05) is 6.92 Å². The van der Waals surface area contributed by atoms with Crippen LogP contribution in [0.25, 0.3) is 0 Å². The van der Waals surface area contributed by atoms with Crippen molar-refractivity contribution in [1.29, 1.82) is 0 Å². The molecular formula is C15H23N3O2. The lowest BCUT2D eigenvalue weighted by Gasteiger charge is -2.32. The maximum atomic E-state index is 12.1. The van der Waals surface area contributed by atoms with Gasteiger partial charge in [0.05, 0.1) is 12.7 Å². The Morgan fingerprint density at radius 3 is 3.05 bits per heavy atom. The van der Waals surface area contributed by atoms with Crippen molar-refractivity contribution in [2.24, 2.45) is 0 Å². The highest BCUT2D eigenvalue weighted by atomic mass is 16.5. The number of hydrogen-bond acceptors (Lipinski definition) is 4. The number of nitrogen functional groups attached to an aromatic ring is 1. The van der Waals surface area contributed by atoms with Crippen molar-refractivity contribution in [2.45, 2.75) is 20.0 Å². The van der Waals surface area contributed by atoms with E-state index >= 15 is 0 Å². The van der Waals surface area contributed by atoms with Crippen LogP contribution >= 0.6 is 0 Å². The Morgan fingerprint density at radius 2 is 2.35 bits per heavy atom. The van der Waals surface area contributed by atoms with E-state index in [4.69, 9.17) is 10.5 Å².